The summed E-state index contributed by atoms with van der Waals surface area (Å²) in [5.41, 5.74) is 3.17. The van der Waals surface area contributed by atoms with Crippen molar-refractivity contribution in [2.24, 2.45) is 0 Å². The van der Waals surface area contributed by atoms with Crippen molar-refractivity contribution >= 4 is 28.2 Å². The second-order valence-corrected chi connectivity index (χ2v) is 7.57. The van der Waals surface area contributed by atoms with Crippen molar-refractivity contribution in [3.63, 3.8) is 0 Å². The van der Waals surface area contributed by atoms with E-state index in [0.717, 1.165) is 34.3 Å². The van der Waals surface area contributed by atoms with E-state index < -0.39 is 11.6 Å². The van der Waals surface area contributed by atoms with Crippen LogP contribution < -0.4 is 10.1 Å². The van der Waals surface area contributed by atoms with Crippen molar-refractivity contribution in [3.05, 3.63) is 59.8 Å². The molecule has 5 heteroatoms. The smallest absolute Gasteiger partial charge is 0.342 e. The van der Waals surface area contributed by atoms with Crippen LogP contribution in [0.1, 0.15) is 43.6 Å². The zero-order chi connectivity index (χ0) is 20.3. The standard InChI is InChI=1S/C23H26N2O3/c1-6-15-12-17-19(13-20(15)27-5)24-14-18(22(26)28-23(2,3)4)21(17)25-16-10-8-7-9-11-16/h7-14H,6H2,1-5H3,(H,24,25). The first-order valence-electron chi connectivity index (χ1n) is 9.37. The monoisotopic (exact) mass is 378 g/mol. The molecule has 0 amide bonds. The Hall–Kier alpha value is -3.08. The van der Waals surface area contributed by atoms with Crippen LogP contribution in [0.25, 0.3) is 10.9 Å². The van der Waals surface area contributed by atoms with Gasteiger partial charge in [0.15, 0.2) is 0 Å². The summed E-state index contributed by atoms with van der Waals surface area (Å²) < 4.78 is 11.1. The Kier molecular flexibility index (Phi) is 5.54. The van der Waals surface area contributed by atoms with Crippen molar-refractivity contribution in [1.82, 2.24) is 4.98 Å². The normalized spacial score (nSPS) is 11.3. The van der Waals surface area contributed by atoms with Gasteiger partial charge in [0.25, 0.3) is 0 Å². The Labute approximate surface area is 165 Å². The number of nitrogens with zero attached hydrogens (tertiary/aromatic N) is 1. The zero-order valence-corrected chi connectivity index (χ0v) is 17.0. The molecule has 0 saturated carbocycles. The van der Waals surface area contributed by atoms with Gasteiger partial charge in [-0.15, -0.1) is 0 Å². The van der Waals surface area contributed by atoms with E-state index in [0.29, 0.717) is 11.3 Å². The molecule has 0 aliphatic carbocycles. The van der Waals surface area contributed by atoms with E-state index in [1.165, 1.54) is 0 Å². The van der Waals surface area contributed by atoms with Gasteiger partial charge in [0.05, 0.1) is 18.3 Å². The summed E-state index contributed by atoms with van der Waals surface area (Å²) in [7, 11) is 1.65. The molecule has 1 aromatic heterocycles. The third-order valence-electron chi connectivity index (χ3n) is 4.31. The number of fused-ring (bicyclic) bond motifs is 1. The van der Waals surface area contributed by atoms with Gasteiger partial charge in [0.2, 0.25) is 0 Å². The molecule has 0 fully saturated rings. The highest BCUT2D eigenvalue weighted by Gasteiger charge is 2.23. The van der Waals surface area contributed by atoms with Crippen molar-refractivity contribution in [2.45, 2.75) is 39.7 Å². The molecule has 0 aliphatic heterocycles. The van der Waals surface area contributed by atoms with Gasteiger partial charge >= 0.3 is 5.97 Å². The predicted octanol–water partition coefficient (Wildman–Crippen LogP) is 5.50. The lowest BCUT2D eigenvalue weighted by molar-refractivity contribution is 0.00705. The number of carbonyl (C=O) groups is 1. The Morgan fingerprint density at radius 1 is 1.14 bits per heavy atom. The minimum Gasteiger partial charge on any atom is -0.496 e. The van der Waals surface area contributed by atoms with Gasteiger partial charge in [-0.2, -0.15) is 0 Å². The SMILES string of the molecule is CCc1cc2c(Nc3ccccc3)c(C(=O)OC(C)(C)C)cnc2cc1OC. The molecule has 0 atom stereocenters. The summed E-state index contributed by atoms with van der Waals surface area (Å²) in [6.45, 7) is 7.62. The number of benzene rings is 2. The number of rotatable bonds is 5. The highest BCUT2D eigenvalue weighted by Crippen LogP contribution is 2.34. The second kappa shape index (κ2) is 7.89. The van der Waals surface area contributed by atoms with Crippen LogP contribution in [-0.4, -0.2) is 23.7 Å². The summed E-state index contributed by atoms with van der Waals surface area (Å²) in [4.78, 5) is 17.4. The molecule has 3 rings (SSSR count). The molecule has 0 bridgehead atoms. The molecule has 1 N–H and O–H groups in total. The predicted molar refractivity (Wildman–Crippen MR) is 113 cm³/mol. The van der Waals surface area contributed by atoms with Crippen molar-refractivity contribution in [2.75, 3.05) is 12.4 Å². The summed E-state index contributed by atoms with van der Waals surface area (Å²) >= 11 is 0. The van der Waals surface area contributed by atoms with Crippen LogP contribution in [0.4, 0.5) is 11.4 Å². The molecular formula is C23H26N2O3. The number of carbonyl (C=O) groups excluding carboxylic acids is 1. The van der Waals surface area contributed by atoms with Crippen LogP contribution in [0.3, 0.4) is 0 Å². The quantitative estimate of drug-likeness (QED) is 0.594. The first-order chi connectivity index (χ1) is 13.3. The summed E-state index contributed by atoms with van der Waals surface area (Å²) in [6, 6.07) is 13.7. The van der Waals surface area contributed by atoms with Crippen molar-refractivity contribution in [1.29, 1.82) is 0 Å². The first kappa shape index (κ1) is 19.7. The number of esters is 1. The number of anilines is 2. The lowest BCUT2D eigenvalue weighted by Crippen LogP contribution is -2.24. The van der Waals surface area contributed by atoms with E-state index >= 15 is 0 Å². The zero-order valence-electron chi connectivity index (χ0n) is 17.0. The largest absolute Gasteiger partial charge is 0.496 e. The molecule has 0 radical (unpaired) electrons. The van der Waals surface area contributed by atoms with Crippen LogP contribution in [0.5, 0.6) is 5.75 Å². The van der Waals surface area contributed by atoms with Gasteiger partial charge in [-0.3, -0.25) is 4.98 Å². The van der Waals surface area contributed by atoms with Crippen LogP contribution in [0.15, 0.2) is 48.7 Å². The van der Waals surface area contributed by atoms with Crippen molar-refractivity contribution in [3.8, 4) is 5.75 Å². The fraction of sp³-hybridized carbons (Fsp3) is 0.304. The molecular weight excluding hydrogens is 352 g/mol. The van der Waals surface area contributed by atoms with Gasteiger partial charge < -0.3 is 14.8 Å². The highest BCUT2D eigenvalue weighted by molar-refractivity contribution is 6.06. The van der Waals surface area contributed by atoms with Gasteiger partial charge in [0, 0.05) is 23.3 Å². The third kappa shape index (κ3) is 4.25. The number of para-hydroxylation sites is 1. The molecule has 2 aromatic carbocycles. The minimum absolute atomic E-state index is 0.401. The fourth-order valence-corrected chi connectivity index (χ4v) is 3.02. The number of ether oxygens (including phenoxy) is 2. The number of pyridine rings is 1. The molecule has 146 valence electrons. The van der Waals surface area contributed by atoms with Crippen LogP contribution in [0.2, 0.25) is 0 Å². The molecule has 0 aliphatic rings. The Balaban J connectivity index is 2.21. The Morgan fingerprint density at radius 2 is 1.86 bits per heavy atom. The topological polar surface area (TPSA) is 60.5 Å². The molecule has 0 spiro atoms. The van der Waals surface area contributed by atoms with Gasteiger partial charge in [0.1, 0.15) is 16.9 Å². The second-order valence-electron chi connectivity index (χ2n) is 7.57. The molecule has 0 saturated heterocycles. The number of aromatic nitrogens is 1. The molecule has 0 unspecified atom stereocenters. The highest BCUT2D eigenvalue weighted by atomic mass is 16.6. The molecule has 3 aromatic rings. The molecule has 28 heavy (non-hydrogen) atoms. The number of hydrogen-bond acceptors (Lipinski definition) is 5. The fourth-order valence-electron chi connectivity index (χ4n) is 3.02. The van der Waals surface area contributed by atoms with Crippen LogP contribution >= 0.6 is 0 Å². The maximum atomic E-state index is 12.9. The maximum absolute atomic E-state index is 12.9. The van der Waals surface area contributed by atoms with Gasteiger partial charge in [-0.25, -0.2) is 4.79 Å². The van der Waals surface area contributed by atoms with E-state index in [1.54, 1.807) is 13.3 Å². The lowest BCUT2D eigenvalue weighted by Gasteiger charge is -2.21. The van der Waals surface area contributed by atoms with E-state index in [4.69, 9.17) is 9.47 Å². The van der Waals surface area contributed by atoms with E-state index in [-0.39, 0.29) is 0 Å². The van der Waals surface area contributed by atoms with Crippen LogP contribution in [-0.2, 0) is 11.2 Å². The van der Waals surface area contributed by atoms with E-state index in [9.17, 15) is 4.79 Å². The number of nitrogens with one attached hydrogen (secondary N) is 1. The molecule has 1 heterocycles. The van der Waals surface area contributed by atoms with Gasteiger partial charge in [-0.1, -0.05) is 25.1 Å². The summed E-state index contributed by atoms with van der Waals surface area (Å²) in [5, 5.41) is 4.24. The van der Waals surface area contributed by atoms with Crippen LogP contribution in [0, 0.1) is 0 Å². The average Bonchev–Trinajstić information content (AvgIpc) is 2.66. The average molecular weight is 378 g/mol. The number of hydrogen-bond donors (Lipinski definition) is 1. The summed E-state index contributed by atoms with van der Waals surface area (Å²) in [6.07, 6.45) is 2.37. The first-order valence-corrected chi connectivity index (χ1v) is 9.37. The van der Waals surface area contributed by atoms with E-state index in [2.05, 4.69) is 17.2 Å². The third-order valence-corrected chi connectivity index (χ3v) is 4.31. The number of aryl methyl sites for hydroxylation is 1. The van der Waals surface area contributed by atoms with E-state index in [1.807, 2.05) is 63.2 Å². The van der Waals surface area contributed by atoms with Gasteiger partial charge in [-0.05, 0) is 51.0 Å². The maximum Gasteiger partial charge on any atom is 0.342 e. The van der Waals surface area contributed by atoms with Crippen molar-refractivity contribution < 1.29 is 14.3 Å². The molecule has 5 nitrogen and oxygen atoms in total. The Bertz CT molecular complexity index is 992. The minimum atomic E-state index is -0.593. The lowest BCUT2D eigenvalue weighted by atomic mass is 10.0. The number of methoxy groups -OCH3 is 1. The summed E-state index contributed by atoms with van der Waals surface area (Å²) in [5.74, 6) is 0.382. The Morgan fingerprint density at radius 3 is 2.46 bits per heavy atom.